The molecule has 34 heavy (non-hydrogen) atoms. The SMILES string of the molecule is O=C(Nn1cnc2scc(-c3ccccc3)c2c1=O)c1ccc(=O)n(Cc2ccccc2Cl)c1. The number of hydrogen-bond acceptors (Lipinski definition) is 5. The first-order valence-corrected chi connectivity index (χ1v) is 11.6. The van der Waals surface area contributed by atoms with Gasteiger partial charge in [-0.25, -0.2) is 9.66 Å². The molecule has 0 radical (unpaired) electrons. The van der Waals surface area contributed by atoms with Gasteiger partial charge in [0.1, 0.15) is 11.2 Å². The van der Waals surface area contributed by atoms with Crippen LogP contribution in [0.5, 0.6) is 0 Å². The summed E-state index contributed by atoms with van der Waals surface area (Å²) in [5, 5.41) is 2.84. The van der Waals surface area contributed by atoms with Crippen LogP contribution in [-0.4, -0.2) is 20.1 Å². The van der Waals surface area contributed by atoms with E-state index in [1.165, 1.54) is 40.6 Å². The summed E-state index contributed by atoms with van der Waals surface area (Å²) < 4.78 is 2.46. The number of hydrogen-bond donors (Lipinski definition) is 1. The zero-order valence-corrected chi connectivity index (χ0v) is 19.2. The lowest BCUT2D eigenvalue weighted by Crippen LogP contribution is -2.34. The third-order valence-corrected chi connectivity index (χ3v) is 6.60. The van der Waals surface area contributed by atoms with Gasteiger partial charge < -0.3 is 4.57 Å². The van der Waals surface area contributed by atoms with Crippen LogP contribution in [0, 0.1) is 0 Å². The fraction of sp³-hybridized carbons (Fsp3) is 0.0400. The molecule has 0 aliphatic rings. The Hall–Kier alpha value is -4.01. The van der Waals surface area contributed by atoms with Crippen molar-refractivity contribution < 1.29 is 4.79 Å². The van der Waals surface area contributed by atoms with Crippen LogP contribution in [0.25, 0.3) is 21.3 Å². The number of amides is 1. The molecule has 0 aliphatic heterocycles. The van der Waals surface area contributed by atoms with Crippen molar-refractivity contribution in [3.8, 4) is 11.1 Å². The monoisotopic (exact) mass is 488 g/mol. The predicted octanol–water partition coefficient (Wildman–Crippen LogP) is 4.37. The first-order valence-electron chi connectivity index (χ1n) is 10.3. The summed E-state index contributed by atoms with van der Waals surface area (Å²) in [4.78, 5) is 43.4. The molecule has 1 N–H and O–H groups in total. The number of pyridine rings is 1. The van der Waals surface area contributed by atoms with Crippen LogP contribution in [0.15, 0.2) is 94.2 Å². The van der Waals surface area contributed by atoms with Crippen LogP contribution >= 0.6 is 22.9 Å². The lowest BCUT2D eigenvalue weighted by molar-refractivity contribution is 0.101. The maximum Gasteiger partial charge on any atom is 0.281 e. The van der Waals surface area contributed by atoms with Crippen molar-refractivity contribution in [3.63, 3.8) is 0 Å². The molecule has 0 aliphatic carbocycles. The van der Waals surface area contributed by atoms with Gasteiger partial charge in [-0.05, 0) is 23.3 Å². The molecule has 168 valence electrons. The van der Waals surface area contributed by atoms with Gasteiger partial charge in [-0.1, -0.05) is 60.1 Å². The molecular weight excluding hydrogens is 472 g/mol. The average Bonchev–Trinajstić information content (AvgIpc) is 3.29. The van der Waals surface area contributed by atoms with Crippen molar-refractivity contribution in [1.29, 1.82) is 0 Å². The van der Waals surface area contributed by atoms with Crippen LogP contribution in [0.1, 0.15) is 15.9 Å². The molecule has 3 aromatic heterocycles. The highest BCUT2D eigenvalue weighted by Gasteiger charge is 2.15. The van der Waals surface area contributed by atoms with E-state index < -0.39 is 5.91 Å². The molecule has 0 bridgehead atoms. The topological polar surface area (TPSA) is 86.0 Å². The number of rotatable bonds is 5. The summed E-state index contributed by atoms with van der Waals surface area (Å²) in [5.74, 6) is -0.548. The lowest BCUT2D eigenvalue weighted by atomic mass is 10.1. The number of halogens is 1. The third-order valence-electron chi connectivity index (χ3n) is 5.35. The second-order valence-electron chi connectivity index (χ2n) is 7.53. The molecule has 2 aromatic carbocycles. The zero-order chi connectivity index (χ0) is 23.7. The molecule has 3 heterocycles. The molecule has 0 atom stereocenters. The smallest absolute Gasteiger partial charge is 0.281 e. The van der Waals surface area contributed by atoms with E-state index in [4.69, 9.17) is 11.6 Å². The highest BCUT2D eigenvalue weighted by molar-refractivity contribution is 7.17. The highest BCUT2D eigenvalue weighted by Crippen LogP contribution is 2.30. The Bertz CT molecular complexity index is 1640. The molecule has 7 nitrogen and oxygen atoms in total. The first-order chi connectivity index (χ1) is 16.5. The summed E-state index contributed by atoms with van der Waals surface area (Å²) in [6, 6.07) is 19.4. The number of nitrogens with one attached hydrogen (secondary N) is 1. The van der Waals surface area contributed by atoms with Gasteiger partial charge in [0, 0.05) is 28.2 Å². The van der Waals surface area contributed by atoms with E-state index in [-0.39, 0.29) is 23.2 Å². The molecule has 5 rings (SSSR count). The van der Waals surface area contributed by atoms with Crippen LogP contribution in [0.4, 0.5) is 0 Å². The summed E-state index contributed by atoms with van der Waals surface area (Å²) >= 11 is 7.58. The van der Waals surface area contributed by atoms with Crippen LogP contribution in [-0.2, 0) is 6.54 Å². The van der Waals surface area contributed by atoms with Crippen LogP contribution in [0.2, 0.25) is 5.02 Å². The van der Waals surface area contributed by atoms with E-state index in [9.17, 15) is 14.4 Å². The van der Waals surface area contributed by atoms with E-state index in [2.05, 4.69) is 10.4 Å². The van der Waals surface area contributed by atoms with Gasteiger partial charge >= 0.3 is 0 Å². The molecule has 0 saturated carbocycles. The Morgan fingerprint density at radius 1 is 1.00 bits per heavy atom. The maximum atomic E-state index is 13.2. The molecule has 0 spiro atoms. The van der Waals surface area contributed by atoms with E-state index in [0.717, 1.165) is 21.4 Å². The zero-order valence-electron chi connectivity index (χ0n) is 17.6. The fourth-order valence-corrected chi connectivity index (χ4v) is 4.72. The Morgan fingerprint density at radius 2 is 1.76 bits per heavy atom. The predicted molar refractivity (Wildman–Crippen MR) is 134 cm³/mol. The second-order valence-corrected chi connectivity index (χ2v) is 8.80. The number of benzene rings is 2. The number of fused-ring (bicyclic) bond motifs is 1. The Kier molecular flexibility index (Phi) is 5.83. The minimum atomic E-state index is -0.548. The van der Waals surface area contributed by atoms with Crippen molar-refractivity contribution in [3.05, 3.63) is 121 Å². The van der Waals surface area contributed by atoms with Crippen molar-refractivity contribution in [2.45, 2.75) is 6.54 Å². The summed E-state index contributed by atoms with van der Waals surface area (Å²) in [6.45, 7) is 0.211. The molecule has 1 amide bonds. The van der Waals surface area contributed by atoms with Crippen molar-refractivity contribution >= 4 is 39.1 Å². The largest absolute Gasteiger partial charge is 0.310 e. The maximum absolute atomic E-state index is 13.2. The van der Waals surface area contributed by atoms with Crippen LogP contribution < -0.4 is 16.5 Å². The average molecular weight is 489 g/mol. The summed E-state index contributed by atoms with van der Waals surface area (Å²) in [6.07, 6.45) is 2.73. The van der Waals surface area contributed by atoms with Gasteiger partial charge in [-0.2, -0.15) is 0 Å². The fourth-order valence-electron chi connectivity index (χ4n) is 3.62. The summed E-state index contributed by atoms with van der Waals surface area (Å²) in [5.41, 5.74) is 4.53. The van der Waals surface area contributed by atoms with Crippen molar-refractivity contribution in [2.24, 2.45) is 0 Å². The molecule has 0 saturated heterocycles. The van der Waals surface area contributed by atoms with E-state index in [0.29, 0.717) is 15.2 Å². The number of aromatic nitrogens is 3. The highest BCUT2D eigenvalue weighted by atomic mass is 35.5. The van der Waals surface area contributed by atoms with Gasteiger partial charge in [0.2, 0.25) is 0 Å². The number of thiophene rings is 1. The molecular formula is C25H17ClN4O3S. The van der Waals surface area contributed by atoms with Gasteiger partial charge in [-0.15, -0.1) is 11.3 Å². The van der Waals surface area contributed by atoms with Crippen molar-refractivity contribution in [1.82, 2.24) is 14.2 Å². The molecule has 5 aromatic rings. The van der Waals surface area contributed by atoms with Gasteiger partial charge in [0.05, 0.1) is 17.5 Å². The number of carbonyl (C=O) groups excluding carboxylic acids is 1. The molecule has 0 unspecified atom stereocenters. The van der Waals surface area contributed by atoms with E-state index >= 15 is 0 Å². The Balaban J connectivity index is 1.46. The first kappa shape index (κ1) is 21.8. The Labute approximate surface area is 202 Å². The van der Waals surface area contributed by atoms with Crippen LogP contribution in [0.3, 0.4) is 0 Å². The Morgan fingerprint density at radius 3 is 2.56 bits per heavy atom. The second kappa shape index (κ2) is 9.09. The van der Waals surface area contributed by atoms with Gasteiger partial charge in [0.25, 0.3) is 17.0 Å². The number of carbonyl (C=O) groups is 1. The van der Waals surface area contributed by atoms with E-state index in [1.54, 1.807) is 12.1 Å². The molecule has 0 fully saturated rings. The standard InChI is InChI=1S/C25H17ClN4O3S/c26-20-9-5-4-8-17(20)12-29-13-18(10-11-21(29)31)23(32)28-30-15-27-24-22(25(30)33)19(14-34-24)16-6-2-1-3-7-16/h1-11,13-15H,12H2,(H,28,32). The van der Waals surface area contributed by atoms with E-state index in [1.807, 2.05) is 47.8 Å². The number of nitrogens with zero attached hydrogens (tertiary/aromatic N) is 3. The van der Waals surface area contributed by atoms with Crippen molar-refractivity contribution in [2.75, 3.05) is 5.43 Å². The van der Waals surface area contributed by atoms with Gasteiger partial charge in [-0.3, -0.25) is 19.8 Å². The molecule has 9 heteroatoms. The normalized spacial score (nSPS) is 11.0. The minimum absolute atomic E-state index is 0.211. The summed E-state index contributed by atoms with van der Waals surface area (Å²) in [7, 11) is 0. The van der Waals surface area contributed by atoms with Gasteiger partial charge in [0.15, 0.2) is 0 Å². The quantitative estimate of drug-likeness (QED) is 0.398. The lowest BCUT2D eigenvalue weighted by Gasteiger charge is -2.11. The minimum Gasteiger partial charge on any atom is -0.310 e. The third kappa shape index (κ3) is 4.16.